The summed E-state index contributed by atoms with van der Waals surface area (Å²) in [4.78, 5) is 2.96. The summed E-state index contributed by atoms with van der Waals surface area (Å²) in [5.74, 6) is 0. The second-order valence-electron chi connectivity index (χ2n) is 3.33. The van der Waals surface area contributed by atoms with Crippen LogP contribution in [0, 0.1) is 16.0 Å². The van der Waals surface area contributed by atoms with Crippen LogP contribution in [-0.2, 0) is 0 Å². The van der Waals surface area contributed by atoms with Crippen LogP contribution in [-0.4, -0.2) is 4.98 Å². The minimum Gasteiger partial charge on any atom is -0.345 e. The van der Waals surface area contributed by atoms with Crippen LogP contribution in [0.3, 0.4) is 0 Å². The number of nitrogens with zero attached hydrogens (tertiary/aromatic N) is 1. The number of aromatic amines is 1. The molecule has 1 heterocycles. The molecule has 0 aliphatic heterocycles. The molecule has 1 N–H and O–H groups in total. The Morgan fingerprint density at radius 1 is 1.18 bits per heavy atom. The molecule has 0 bridgehead atoms. The van der Waals surface area contributed by atoms with Gasteiger partial charge in [0.05, 0.1) is 15.6 Å². The number of aromatic nitrogens is 1. The number of H-pyrrole nitrogens is 1. The molecule has 0 fully saturated rings. The lowest BCUT2D eigenvalue weighted by Gasteiger charge is -2.06. The first kappa shape index (κ1) is 12.1. The van der Waals surface area contributed by atoms with E-state index >= 15 is 0 Å². The summed E-state index contributed by atoms with van der Waals surface area (Å²) in [7, 11) is 0. The maximum atomic E-state index is 8.79. The molecule has 0 spiro atoms. The third-order valence-corrected chi connectivity index (χ3v) is 3.41. The Morgan fingerprint density at radius 2 is 1.94 bits per heavy atom. The van der Waals surface area contributed by atoms with Gasteiger partial charge in [0.1, 0.15) is 10.7 Å². The van der Waals surface area contributed by atoms with Crippen LogP contribution in [0.25, 0.3) is 11.3 Å². The van der Waals surface area contributed by atoms with Crippen LogP contribution in [0.5, 0.6) is 0 Å². The molecule has 2 aromatic rings. The Kier molecular flexibility index (Phi) is 3.49. The van der Waals surface area contributed by atoms with Crippen LogP contribution in [0.15, 0.2) is 30.3 Å². The van der Waals surface area contributed by atoms with E-state index in [1.165, 1.54) is 0 Å². The first-order valence-corrected chi connectivity index (χ1v) is 5.87. The Hall–Kier alpha value is -1.34. The second-order valence-corrected chi connectivity index (χ2v) is 4.52. The van der Waals surface area contributed by atoms with E-state index in [2.05, 4.69) is 4.98 Å². The molecule has 0 unspecified atom stereocenters. The number of benzene rings is 1. The number of nitrogens with one attached hydrogen (secondary N) is 1. The average Bonchev–Trinajstić information content (AvgIpc) is 2.32. The zero-order chi connectivity index (χ0) is 12.4. The molecule has 0 atom stereocenters. The molecule has 0 aliphatic rings. The summed E-state index contributed by atoms with van der Waals surface area (Å²) in [6.07, 6.45) is 0. The van der Waals surface area contributed by atoms with E-state index in [9.17, 15) is 0 Å². The van der Waals surface area contributed by atoms with Crippen molar-refractivity contribution in [3.05, 3.63) is 50.6 Å². The number of rotatable bonds is 1. The highest BCUT2D eigenvalue weighted by Gasteiger charge is 2.07. The van der Waals surface area contributed by atoms with Crippen molar-refractivity contribution in [2.75, 3.05) is 0 Å². The first-order chi connectivity index (χ1) is 8.13. The van der Waals surface area contributed by atoms with E-state index in [1.807, 2.05) is 12.1 Å². The smallest absolute Gasteiger partial charge is 0.121 e. The van der Waals surface area contributed by atoms with Gasteiger partial charge in [-0.25, -0.2) is 0 Å². The molecule has 1 aromatic carbocycles. The van der Waals surface area contributed by atoms with Gasteiger partial charge < -0.3 is 4.98 Å². The molecule has 5 heteroatoms. The van der Waals surface area contributed by atoms with Gasteiger partial charge in [0.2, 0.25) is 0 Å². The third-order valence-electron chi connectivity index (χ3n) is 2.27. The zero-order valence-corrected chi connectivity index (χ0v) is 10.8. The largest absolute Gasteiger partial charge is 0.345 e. The highest BCUT2D eigenvalue weighted by Crippen LogP contribution is 2.32. The standard InChI is InChI=1S/C12H6Cl2N2S/c13-9-3-1-2-8(11(9)14)10-5-4-7(6-15)12(17)16-10/h1-5H,(H,16,17). The Bertz CT molecular complexity index is 671. The average molecular weight is 281 g/mol. The van der Waals surface area contributed by atoms with Gasteiger partial charge in [0.25, 0.3) is 0 Å². The fourth-order valence-corrected chi connectivity index (χ4v) is 2.06. The Balaban J connectivity index is 2.63. The normalized spacial score (nSPS) is 9.94. The summed E-state index contributed by atoms with van der Waals surface area (Å²) in [6, 6.07) is 10.8. The second kappa shape index (κ2) is 4.89. The summed E-state index contributed by atoms with van der Waals surface area (Å²) in [5, 5.41) is 9.74. The van der Waals surface area contributed by atoms with Gasteiger partial charge in [-0.2, -0.15) is 5.26 Å². The van der Waals surface area contributed by atoms with Gasteiger partial charge in [-0.3, -0.25) is 0 Å². The van der Waals surface area contributed by atoms with Gasteiger partial charge in [-0.05, 0) is 18.2 Å². The molecule has 0 saturated carbocycles. The lowest BCUT2D eigenvalue weighted by atomic mass is 10.1. The van der Waals surface area contributed by atoms with E-state index in [-0.39, 0.29) is 0 Å². The molecule has 84 valence electrons. The van der Waals surface area contributed by atoms with Crippen LogP contribution >= 0.6 is 35.4 Å². The number of hydrogen-bond acceptors (Lipinski definition) is 2. The van der Waals surface area contributed by atoms with E-state index in [0.29, 0.717) is 20.2 Å². The van der Waals surface area contributed by atoms with Gasteiger partial charge in [0.15, 0.2) is 0 Å². The van der Waals surface area contributed by atoms with Crippen molar-refractivity contribution in [1.29, 1.82) is 5.26 Å². The van der Waals surface area contributed by atoms with Crippen molar-refractivity contribution in [3.63, 3.8) is 0 Å². The van der Waals surface area contributed by atoms with Gasteiger partial charge in [0, 0.05) is 11.3 Å². The first-order valence-electron chi connectivity index (χ1n) is 4.71. The molecule has 0 aliphatic carbocycles. The maximum absolute atomic E-state index is 8.79. The molecule has 2 nitrogen and oxygen atoms in total. The number of nitriles is 1. The minimum atomic E-state index is 0.390. The maximum Gasteiger partial charge on any atom is 0.121 e. The van der Waals surface area contributed by atoms with Crippen molar-refractivity contribution in [1.82, 2.24) is 4.98 Å². The van der Waals surface area contributed by atoms with Gasteiger partial charge in [-0.1, -0.05) is 47.6 Å². The lowest BCUT2D eigenvalue weighted by molar-refractivity contribution is 1.27. The van der Waals surface area contributed by atoms with E-state index in [1.54, 1.807) is 24.3 Å². The van der Waals surface area contributed by atoms with Crippen LogP contribution in [0.4, 0.5) is 0 Å². The predicted molar refractivity (Wildman–Crippen MR) is 71.8 cm³/mol. The molecule has 0 radical (unpaired) electrons. The molecule has 1 aromatic heterocycles. The monoisotopic (exact) mass is 280 g/mol. The zero-order valence-electron chi connectivity index (χ0n) is 8.50. The van der Waals surface area contributed by atoms with E-state index in [0.717, 1.165) is 11.3 Å². The summed E-state index contributed by atoms with van der Waals surface area (Å²) < 4.78 is 0.390. The van der Waals surface area contributed by atoms with Crippen LogP contribution < -0.4 is 0 Å². The van der Waals surface area contributed by atoms with Gasteiger partial charge >= 0.3 is 0 Å². The highest BCUT2D eigenvalue weighted by molar-refractivity contribution is 7.71. The molecule has 0 saturated heterocycles. The van der Waals surface area contributed by atoms with Crippen molar-refractivity contribution in [2.45, 2.75) is 0 Å². The molecule has 0 amide bonds. The summed E-state index contributed by atoms with van der Waals surface area (Å²) in [6.45, 7) is 0. The van der Waals surface area contributed by atoms with Crippen LogP contribution in [0.2, 0.25) is 10.0 Å². The Morgan fingerprint density at radius 3 is 2.59 bits per heavy atom. The molecule has 17 heavy (non-hydrogen) atoms. The predicted octanol–water partition coefficient (Wildman–Crippen LogP) is 4.59. The van der Waals surface area contributed by atoms with Crippen LogP contribution in [0.1, 0.15) is 5.56 Å². The summed E-state index contributed by atoms with van der Waals surface area (Å²) >= 11 is 17.1. The third kappa shape index (κ3) is 2.34. The number of pyridine rings is 1. The van der Waals surface area contributed by atoms with Crippen molar-refractivity contribution in [3.8, 4) is 17.3 Å². The van der Waals surface area contributed by atoms with Crippen molar-refractivity contribution >= 4 is 35.4 Å². The van der Waals surface area contributed by atoms with E-state index in [4.69, 9.17) is 40.7 Å². The summed E-state index contributed by atoms with van der Waals surface area (Å²) in [5.41, 5.74) is 1.93. The highest BCUT2D eigenvalue weighted by atomic mass is 35.5. The molecular formula is C12H6Cl2N2S. The molecular weight excluding hydrogens is 275 g/mol. The lowest BCUT2D eigenvalue weighted by Crippen LogP contribution is -1.88. The quantitative estimate of drug-likeness (QED) is 0.776. The minimum absolute atomic E-state index is 0.390. The van der Waals surface area contributed by atoms with E-state index < -0.39 is 0 Å². The SMILES string of the molecule is N#Cc1ccc(-c2cccc(Cl)c2Cl)[nH]c1=S. The van der Waals surface area contributed by atoms with Crippen molar-refractivity contribution < 1.29 is 0 Å². The topological polar surface area (TPSA) is 39.6 Å². The van der Waals surface area contributed by atoms with Gasteiger partial charge in [-0.15, -0.1) is 0 Å². The fourth-order valence-electron chi connectivity index (χ4n) is 1.43. The molecule has 2 rings (SSSR count). The fraction of sp³-hybridized carbons (Fsp3) is 0. The Labute approximate surface area is 113 Å². The number of hydrogen-bond donors (Lipinski definition) is 1. The number of halogens is 2. The van der Waals surface area contributed by atoms with Crippen molar-refractivity contribution in [2.24, 2.45) is 0 Å².